The van der Waals surface area contributed by atoms with E-state index in [1.54, 1.807) is 23.2 Å². The first kappa shape index (κ1) is 30.5. The van der Waals surface area contributed by atoms with E-state index in [-0.39, 0.29) is 35.9 Å². The number of nitrogens with zero attached hydrogens (tertiary/aromatic N) is 4. The van der Waals surface area contributed by atoms with Crippen molar-refractivity contribution in [1.82, 2.24) is 24.8 Å². The van der Waals surface area contributed by atoms with E-state index in [0.29, 0.717) is 12.2 Å². The normalized spacial score (nSPS) is 16.0. The number of imidazole rings is 1. The maximum Gasteiger partial charge on any atom is 0.239 e. The molecule has 222 valence electrons. The van der Waals surface area contributed by atoms with Crippen molar-refractivity contribution in [3.63, 3.8) is 0 Å². The Morgan fingerprint density at radius 2 is 1.64 bits per heavy atom. The molecular weight excluding hydrogens is 574 g/mol. The molecule has 2 aliphatic carbocycles. The molecule has 2 heterocycles. The number of amides is 1. The zero-order valence-electron chi connectivity index (χ0n) is 24.7. The van der Waals surface area contributed by atoms with Crippen LogP contribution >= 0.6 is 11.6 Å². The second-order valence-corrected chi connectivity index (χ2v) is 11.0. The van der Waals surface area contributed by atoms with Gasteiger partial charge in [0.15, 0.2) is 11.4 Å². The van der Waals surface area contributed by atoms with Crippen LogP contribution in [0.1, 0.15) is 42.6 Å². The first-order chi connectivity index (χ1) is 21.3. The van der Waals surface area contributed by atoms with Crippen LogP contribution in [0.4, 0.5) is 0 Å². The quantitative estimate of drug-likeness (QED) is 0.319. The van der Waals surface area contributed by atoms with Gasteiger partial charge in [-0.1, -0.05) is 86.1 Å². The molecule has 2 aliphatic rings. The predicted octanol–water partition coefficient (Wildman–Crippen LogP) is 4.74. The Hall–Kier alpha value is -4.95. The summed E-state index contributed by atoms with van der Waals surface area (Å²) in [5.74, 6) is 0.0355. The summed E-state index contributed by atoms with van der Waals surface area (Å²) in [4.78, 5) is 47.9. The molecule has 9 heteroatoms. The highest BCUT2D eigenvalue weighted by Crippen LogP contribution is 2.27. The van der Waals surface area contributed by atoms with E-state index in [0.717, 1.165) is 43.2 Å². The summed E-state index contributed by atoms with van der Waals surface area (Å²) in [5.41, 5.74) is 5.23. The molecule has 2 aromatic heterocycles. The standard InChI is InChI=1S/C20H16O2.C9H11N5O.C6H5Cl/c1-11-9-17-13(12(2)20(11)22)7-8-15-14-5-3-4-6-16(14)19(21)10-18(15)17;1-2-11-8(15)4-14-6-13-9-7(14)3-10-5-12-9;7-6-4-2-1-3-5-6/h3-12H,1-2H3;3,5-6H,2,4H2,1H3,(H,11,15);1-5H. The highest BCUT2D eigenvalue weighted by Gasteiger charge is 2.27. The van der Waals surface area contributed by atoms with Gasteiger partial charge < -0.3 is 9.88 Å². The van der Waals surface area contributed by atoms with Gasteiger partial charge in [0.05, 0.1) is 12.5 Å². The average Bonchev–Trinajstić information content (AvgIpc) is 3.44. The third-order valence-electron chi connectivity index (χ3n) is 7.56. The molecule has 7 rings (SSSR count). The number of nitrogens with one attached hydrogen (secondary N) is 1. The molecule has 1 N–H and O–H groups in total. The van der Waals surface area contributed by atoms with Crippen molar-refractivity contribution in [3.05, 3.63) is 112 Å². The fraction of sp³-hybridized carbons (Fsp3) is 0.200. The van der Waals surface area contributed by atoms with E-state index in [1.165, 1.54) is 6.33 Å². The zero-order chi connectivity index (χ0) is 31.2. The summed E-state index contributed by atoms with van der Waals surface area (Å²) in [7, 11) is 0. The second kappa shape index (κ2) is 13.6. The monoisotopic (exact) mass is 605 g/mol. The molecule has 0 fully saturated rings. The molecule has 0 aliphatic heterocycles. The number of fused-ring (bicyclic) bond motifs is 6. The van der Waals surface area contributed by atoms with Gasteiger partial charge in [-0.2, -0.15) is 0 Å². The van der Waals surface area contributed by atoms with Crippen molar-refractivity contribution in [2.45, 2.75) is 33.2 Å². The Labute approximate surface area is 260 Å². The Morgan fingerprint density at radius 3 is 2.34 bits per heavy atom. The molecule has 0 saturated carbocycles. The van der Waals surface area contributed by atoms with Gasteiger partial charge in [0.25, 0.3) is 0 Å². The Morgan fingerprint density at radius 1 is 0.909 bits per heavy atom. The van der Waals surface area contributed by atoms with Crippen LogP contribution in [-0.2, 0) is 16.1 Å². The van der Waals surface area contributed by atoms with Crippen molar-refractivity contribution in [1.29, 1.82) is 0 Å². The minimum Gasteiger partial charge on any atom is -0.355 e. The van der Waals surface area contributed by atoms with Gasteiger partial charge in [0.1, 0.15) is 24.2 Å². The summed E-state index contributed by atoms with van der Waals surface area (Å²) in [5, 5.41) is 5.53. The van der Waals surface area contributed by atoms with Crippen molar-refractivity contribution < 1.29 is 14.4 Å². The summed E-state index contributed by atoms with van der Waals surface area (Å²) in [6, 6.07) is 21.2. The average molecular weight is 606 g/mol. The highest BCUT2D eigenvalue weighted by atomic mass is 35.5. The third kappa shape index (κ3) is 6.50. The van der Waals surface area contributed by atoms with E-state index in [1.807, 2.05) is 93.6 Å². The lowest BCUT2D eigenvalue weighted by molar-refractivity contribution is -0.122. The largest absolute Gasteiger partial charge is 0.355 e. The first-order valence-electron chi connectivity index (χ1n) is 14.4. The van der Waals surface area contributed by atoms with E-state index >= 15 is 0 Å². The molecule has 5 aromatic rings. The van der Waals surface area contributed by atoms with E-state index in [9.17, 15) is 14.4 Å². The smallest absolute Gasteiger partial charge is 0.239 e. The van der Waals surface area contributed by atoms with Crippen molar-refractivity contribution in [3.8, 4) is 11.1 Å². The number of hydrogen-bond acceptors (Lipinski definition) is 6. The van der Waals surface area contributed by atoms with E-state index in [4.69, 9.17) is 11.6 Å². The number of rotatable bonds is 3. The van der Waals surface area contributed by atoms with Crippen molar-refractivity contribution in [2.75, 3.05) is 6.54 Å². The van der Waals surface area contributed by atoms with Crippen LogP contribution in [0.3, 0.4) is 0 Å². The molecule has 0 spiro atoms. The van der Waals surface area contributed by atoms with Gasteiger partial charge >= 0.3 is 0 Å². The summed E-state index contributed by atoms with van der Waals surface area (Å²) in [6.07, 6.45) is 8.41. The van der Waals surface area contributed by atoms with Gasteiger partial charge in [-0.15, -0.1) is 0 Å². The predicted molar refractivity (Wildman–Crippen MR) is 172 cm³/mol. The van der Waals surface area contributed by atoms with Crippen LogP contribution in [0.5, 0.6) is 0 Å². The lowest BCUT2D eigenvalue weighted by Crippen LogP contribution is -2.40. The summed E-state index contributed by atoms with van der Waals surface area (Å²) >= 11 is 5.54. The Kier molecular flexibility index (Phi) is 9.41. The summed E-state index contributed by atoms with van der Waals surface area (Å²) < 4.78 is 1.72. The molecule has 44 heavy (non-hydrogen) atoms. The van der Waals surface area contributed by atoms with Crippen LogP contribution < -0.4 is 15.8 Å². The molecule has 0 bridgehead atoms. The molecule has 3 aromatic carbocycles. The minimum absolute atomic E-state index is 0.0411. The number of carbonyl (C=O) groups excluding carboxylic acids is 3. The van der Waals surface area contributed by atoms with Crippen molar-refractivity contribution >= 4 is 52.4 Å². The topological polar surface area (TPSA) is 107 Å². The number of likely N-dealkylation sites (N-methyl/N-ethyl adjacent to an activating group) is 1. The van der Waals surface area contributed by atoms with Gasteiger partial charge in [-0.25, -0.2) is 15.0 Å². The second-order valence-electron chi connectivity index (χ2n) is 10.5. The molecule has 0 saturated heterocycles. The number of Topliss-reactive ketones (excluding diaryl/α,β-unsaturated/α-hetero) is 2. The highest BCUT2D eigenvalue weighted by molar-refractivity contribution is 6.30. The lowest BCUT2D eigenvalue weighted by atomic mass is 9.79. The number of ketones is 2. The molecule has 2 atom stereocenters. The number of carbonyl (C=O) groups is 3. The van der Waals surface area contributed by atoms with Crippen LogP contribution in [0.25, 0.3) is 34.4 Å². The van der Waals surface area contributed by atoms with Gasteiger partial charge in [0, 0.05) is 29.0 Å². The van der Waals surface area contributed by atoms with Crippen LogP contribution in [0, 0.1) is 5.92 Å². The van der Waals surface area contributed by atoms with E-state index in [2.05, 4.69) is 20.3 Å². The zero-order valence-corrected chi connectivity index (χ0v) is 25.5. The fourth-order valence-corrected chi connectivity index (χ4v) is 5.53. The Bertz CT molecular complexity index is 1970. The van der Waals surface area contributed by atoms with E-state index < -0.39 is 0 Å². The summed E-state index contributed by atoms with van der Waals surface area (Å²) in [6.45, 7) is 6.64. The van der Waals surface area contributed by atoms with Crippen LogP contribution in [0.15, 0.2) is 85.6 Å². The molecular formula is C35H32ClN5O3. The first-order valence-corrected chi connectivity index (χ1v) is 14.8. The van der Waals surface area contributed by atoms with Crippen LogP contribution in [-0.4, -0.2) is 43.5 Å². The Balaban J connectivity index is 0.000000150. The molecule has 8 nitrogen and oxygen atoms in total. The molecule has 0 radical (unpaired) electrons. The SMILES string of the molecule is CC1C=c2c(ccc3c2=CC(=O)c2ccccc2-3)C(C)C1=O.CCNC(=O)Cn1cnc2ncncc21.Clc1ccccc1. The maximum atomic E-state index is 12.4. The number of aromatic nitrogens is 4. The third-order valence-corrected chi connectivity index (χ3v) is 7.81. The fourth-order valence-electron chi connectivity index (χ4n) is 5.38. The van der Waals surface area contributed by atoms with Gasteiger partial charge in [0.2, 0.25) is 5.91 Å². The number of hydrogen-bond donors (Lipinski definition) is 1. The van der Waals surface area contributed by atoms with Crippen molar-refractivity contribution in [2.24, 2.45) is 5.92 Å². The number of halogens is 1. The van der Waals surface area contributed by atoms with Gasteiger partial charge in [-0.3, -0.25) is 14.4 Å². The lowest BCUT2D eigenvalue weighted by Gasteiger charge is -2.23. The number of benzene rings is 3. The maximum absolute atomic E-state index is 12.4. The molecule has 2 unspecified atom stereocenters. The van der Waals surface area contributed by atoms with Crippen LogP contribution in [0.2, 0.25) is 5.02 Å². The molecule has 1 amide bonds. The minimum atomic E-state index is -0.110. The van der Waals surface area contributed by atoms with Gasteiger partial charge in [-0.05, 0) is 52.3 Å².